The fourth-order valence-corrected chi connectivity index (χ4v) is 2.04. The second-order valence-electron chi connectivity index (χ2n) is 4.81. The number of hydrogen-bond donors (Lipinski definition) is 2. The molecule has 0 fully saturated rings. The van der Waals surface area contributed by atoms with E-state index in [1.54, 1.807) is 25.1 Å². The molecule has 114 valence electrons. The molecular formula is C14H17NO6. The number of carboxylic acids is 1. The van der Waals surface area contributed by atoms with E-state index in [-0.39, 0.29) is 32.2 Å². The van der Waals surface area contributed by atoms with Crippen molar-refractivity contribution in [2.45, 2.75) is 19.4 Å². The van der Waals surface area contributed by atoms with E-state index in [1.165, 1.54) is 4.90 Å². The monoisotopic (exact) mass is 295 g/mol. The first-order chi connectivity index (χ1) is 9.97. The highest BCUT2D eigenvalue weighted by molar-refractivity contribution is 5.95. The number of ether oxygens (including phenoxy) is 2. The summed E-state index contributed by atoms with van der Waals surface area (Å²) >= 11 is 0. The number of carbonyl (C=O) groups is 2. The Hall–Kier alpha value is -2.28. The highest BCUT2D eigenvalue weighted by Gasteiger charge is 2.21. The van der Waals surface area contributed by atoms with Gasteiger partial charge in [-0.2, -0.15) is 0 Å². The molecule has 0 spiro atoms. The second kappa shape index (κ2) is 6.45. The van der Waals surface area contributed by atoms with Gasteiger partial charge in [-0.15, -0.1) is 0 Å². The van der Waals surface area contributed by atoms with Crippen molar-refractivity contribution in [1.82, 2.24) is 4.90 Å². The van der Waals surface area contributed by atoms with Gasteiger partial charge in [0.15, 0.2) is 11.5 Å². The molecule has 1 aromatic carbocycles. The van der Waals surface area contributed by atoms with Gasteiger partial charge in [-0.05, 0) is 25.1 Å². The summed E-state index contributed by atoms with van der Waals surface area (Å²) in [6.07, 6.45) is -0.917. The van der Waals surface area contributed by atoms with Crippen LogP contribution in [0.4, 0.5) is 0 Å². The molecule has 7 nitrogen and oxygen atoms in total. The maximum atomic E-state index is 12.4. The van der Waals surface area contributed by atoms with Gasteiger partial charge in [0.05, 0.1) is 12.5 Å². The summed E-state index contributed by atoms with van der Waals surface area (Å²) in [5, 5.41) is 18.2. The van der Waals surface area contributed by atoms with Crippen LogP contribution in [0.25, 0.3) is 0 Å². The van der Waals surface area contributed by atoms with Crippen LogP contribution < -0.4 is 9.47 Å². The summed E-state index contributed by atoms with van der Waals surface area (Å²) in [5.74, 6) is -0.297. The van der Waals surface area contributed by atoms with E-state index in [0.717, 1.165) is 0 Å². The summed E-state index contributed by atoms with van der Waals surface area (Å²) in [6, 6.07) is 4.78. The number of carboxylic acid groups (broad SMARTS) is 1. The molecule has 1 aliphatic rings. The van der Waals surface area contributed by atoms with Crippen LogP contribution in [0.15, 0.2) is 18.2 Å². The Morgan fingerprint density at radius 2 is 2.05 bits per heavy atom. The van der Waals surface area contributed by atoms with Gasteiger partial charge in [0.1, 0.15) is 0 Å². The van der Waals surface area contributed by atoms with Crippen LogP contribution in [-0.4, -0.2) is 53.0 Å². The first kappa shape index (κ1) is 15.1. The van der Waals surface area contributed by atoms with E-state index >= 15 is 0 Å². The topological polar surface area (TPSA) is 96.3 Å². The van der Waals surface area contributed by atoms with Crippen molar-refractivity contribution in [3.63, 3.8) is 0 Å². The number of rotatable bonds is 6. The number of aliphatic hydroxyl groups excluding tert-OH is 1. The highest BCUT2D eigenvalue weighted by atomic mass is 16.7. The average Bonchev–Trinajstić information content (AvgIpc) is 2.89. The van der Waals surface area contributed by atoms with E-state index in [0.29, 0.717) is 17.1 Å². The number of nitrogens with zero attached hydrogens (tertiary/aromatic N) is 1. The molecule has 0 aromatic heterocycles. The minimum absolute atomic E-state index is 0.0352. The zero-order valence-electron chi connectivity index (χ0n) is 11.6. The minimum Gasteiger partial charge on any atom is -0.481 e. The first-order valence-corrected chi connectivity index (χ1v) is 6.56. The van der Waals surface area contributed by atoms with Crippen LogP contribution in [-0.2, 0) is 4.79 Å². The zero-order valence-corrected chi connectivity index (χ0v) is 11.6. The fourth-order valence-electron chi connectivity index (χ4n) is 2.04. The van der Waals surface area contributed by atoms with Crippen LogP contribution in [0.5, 0.6) is 11.5 Å². The van der Waals surface area contributed by atoms with Crippen molar-refractivity contribution >= 4 is 11.9 Å². The quantitative estimate of drug-likeness (QED) is 0.802. The lowest BCUT2D eigenvalue weighted by Gasteiger charge is -2.23. The van der Waals surface area contributed by atoms with Crippen LogP contribution in [0.2, 0.25) is 0 Å². The number of aliphatic hydroxyl groups is 1. The lowest BCUT2D eigenvalue weighted by atomic mass is 10.1. The number of carbonyl (C=O) groups excluding carboxylic acids is 1. The lowest BCUT2D eigenvalue weighted by Crippen LogP contribution is -2.38. The van der Waals surface area contributed by atoms with Crippen molar-refractivity contribution in [3.8, 4) is 11.5 Å². The number of hydrogen-bond acceptors (Lipinski definition) is 5. The zero-order chi connectivity index (χ0) is 15.4. The summed E-state index contributed by atoms with van der Waals surface area (Å²) in [6.45, 7) is 1.76. The number of aliphatic carboxylic acids is 1. The third-order valence-electron chi connectivity index (χ3n) is 2.99. The molecule has 1 amide bonds. The Morgan fingerprint density at radius 3 is 2.71 bits per heavy atom. The van der Waals surface area contributed by atoms with Gasteiger partial charge in [0.25, 0.3) is 5.91 Å². The van der Waals surface area contributed by atoms with E-state index in [1.807, 2.05) is 0 Å². The van der Waals surface area contributed by atoms with E-state index in [2.05, 4.69) is 0 Å². The van der Waals surface area contributed by atoms with Gasteiger partial charge < -0.3 is 24.6 Å². The first-order valence-electron chi connectivity index (χ1n) is 6.56. The lowest BCUT2D eigenvalue weighted by molar-refractivity contribution is -0.137. The Kier molecular flexibility index (Phi) is 4.64. The average molecular weight is 295 g/mol. The van der Waals surface area contributed by atoms with Crippen molar-refractivity contribution in [2.75, 3.05) is 19.9 Å². The number of amides is 1. The van der Waals surface area contributed by atoms with Gasteiger partial charge in [0, 0.05) is 18.7 Å². The molecule has 1 unspecified atom stereocenters. The number of fused-ring (bicyclic) bond motifs is 1. The molecule has 1 aliphatic heterocycles. The van der Waals surface area contributed by atoms with E-state index < -0.39 is 12.1 Å². The summed E-state index contributed by atoms with van der Waals surface area (Å²) in [5.41, 5.74) is 0.366. The molecule has 0 radical (unpaired) electrons. The molecular weight excluding hydrogens is 278 g/mol. The maximum Gasteiger partial charge on any atom is 0.305 e. The largest absolute Gasteiger partial charge is 0.481 e. The normalized spacial score (nSPS) is 13.8. The molecule has 7 heteroatoms. The SMILES string of the molecule is CC(O)CN(CCC(=O)O)C(=O)c1ccc2c(c1)OCO2. The summed E-state index contributed by atoms with van der Waals surface area (Å²) < 4.78 is 10.4. The van der Waals surface area contributed by atoms with Gasteiger partial charge in [0.2, 0.25) is 6.79 Å². The van der Waals surface area contributed by atoms with Crippen LogP contribution in [0.1, 0.15) is 23.7 Å². The molecule has 1 aromatic rings. The van der Waals surface area contributed by atoms with Crippen molar-refractivity contribution in [1.29, 1.82) is 0 Å². The molecule has 0 saturated heterocycles. The van der Waals surface area contributed by atoms with Crippen molar-refractivity contribution < 1.29 is 29.3 Å². The third-order valence-corrected chi connectivity index (χ3v) is 2.99. The highest BCUT2D eigenvalue weighted by Crippen LogP contribution is 2.32. The summed E-state index contributed by atoms with van der Waals surface area (Å²) in [7, 11) is 0. The summed E-state index contributed by atoms with van der Waals surface area (Å²) in [4.78, 5) is 24.4. The van der Waals surface area contributed by atoms with Gasteiger partial charge >= 0.3 is 5.97 Å². The predicted octanol–water partition coefficient (Wildman–Crippen LogP) is 0.713. The number of benzene rings is 1. The van der Waals surface area contributed by atoms with Crippen molar-refractivity contribution in [2.24, 2.45) is 0 Å². The molecule has 2 rings (SSSR count). The second-order valence-corrected chi connectivity index (χ2v) is 4.81. The Bertz CT molecular complexity index is 542. The predicted molar refractivity (Wildman–Crippen MR) is 72.4 cm³/mol. The standard InChI is InChI=1S/C14H17NO6/c1-9(16)7-15(5-4-13(17)18)14(19)10-2-3-11-12(6-10)21-8-20-11/h2-3,6,9,16H,4-5,7-8H2,1H3,(H,17,18). The Morgan fingerprint density at radius 1 is 1.33 bits per heavy atom. The van der Waals surface area contributed by atoms with Gasteiger partial charge in [-0.3, -0.25) is 9.59 Å². The van der Waals surface area contributed by atoms with Crippen LogP contribution >= 0.6 is 0 Å². The van der Waals surface area contributed by atoms with E-state index in [9.17, 15) is 14.7 Å². The smallest absolute Gasteiger partial charge is 0.305 e. The van der Waals surface area contributed by atoms with Gasteiger partial charge in [-0.1, -0.05) is 0 Å². The molecule has 21 heavy (non-hydrogen) atoms. The molecule has 2 N–H and O–H groups in total. The molecule has 1 atom stereocenters. The molecule has 0 saturated carbocycles. The third kappa shape index (κ3) is 3.85. The van der Waals surface area contributed by atoms with Crippen LogP contribution in [0, 0.1) is 0 Å². The van der Waals surface area contributed by atoms with Crippen LogP contribution in [0.3, 0.4) is 0 Å². The molecule has 0 aliphatic carbocycles. The van der Waals surface area contributed by atoms with Crippen molar-refractivity contribution in [3.05, 3.63) is 23.8 Å². The minimum atomic E-state index is -0.996. The van der Waals surface area contributed by atoms with Gasteiger partial charge in [-0.25, -0.2) is 0 Å². The molecule has 0 bridgehead atoms. The maximum absolute atomic E-state index is 12.4. The molecule has 1 heterocycles. The Labute approximate surface area is 121 Å². The fraction of sp³-hybridized carbons (Fsp3) is 0.429. The Balaban J connectivity index is 2.14. The van der Waals surface area contributed by atoms with E-state index in [4.69, 9.17) is 14.6 Å².